The molecule has 1 aromatic carbocycles. The third-order valence-electron chi connectivity index (χ3n) is 8.04. The summed E-state index contributed by atoms with van der Waals surface area (Å²) in [6.45, 7) is 1.26. The molecular formula is C26H33F2N5O5S. The van der Waals surface area contributed by atoms with Crippen LogP contribution in [0.2, 0.25) is 0 Å². The van der Waals surface area contributed by atoms with Gasteiger partial charge in [0.2, 0.25) is 16.4 Å². The van der Waals surface area contributed by atoms with Crippen molar-refractivity contribution in [3.63, 3.8) is 0 Å². The molecule has 212 valence electrons. The highest BCUT2D eigenvalue weighted by Crippen LogP contribution is 2.54. The monoisotopic (exact) mass is 565 g/mol. The molecule has 3 fully saturated rings. The molecule has 0 bridgehead atoms. The minimum atomic E-state index is -3.77. The van der Waals surface area contributed by atoms with E-state index in [1.54, 1.807) is 17.1 Å². The van der Waals surface area contributed by atoms with E-state index in [1.807, 2.05) is 0 Å². The number of nitrogens with one attached hydrogen (secondary N) is 2. The van der Waals surface area contributed by atoms with Gasteiger partial charge < -0.3 is 20.3 Å². The zero-order chi connectivity index (χ0) is 27.8. The average Bonchev–Trinajstić information content (AvgIpc) is 3.45. The van der Waals surface area contributed by atoms with Crippen molar-refractivity contribution >= 4 is 33.0 Å². The van der Waals surface area contributed by atoms with Crippen LogP contribution in [0, 0.1) is 11.3 Å². The number of benzene rings is 1. The molecule has 1 aromatic heterocycles. The SMILES string of the molecule is O=C(Nc1cccn(N2CC[C@@H](C(F)F)C2)c1=O)c1ccc(NS(=O)(=O)CCO)cc1N1CCC2(CC1)CC2. The van der Waals surface area contributed by atoms with Crippen LogP contribution >= 0.6 is 0 Å². The van der Waals surface area contributed by atoms with Crippen LogP contribution in [0.5, 0.6) is 0 Å². The molecule has 2 aromatic rings. The Morgan fingerprint density at radius 3 is 2.51 bits per heavy atom. The number of hydrogen-bond acceptors (Lipinski definition) is 7. The van der Waals surface area contributed by atoms with Crippen molar-refractivity contribution < 1.29 is 27.1 Å². The van der Waals surface area contributed by atoms with E-state index in [2.05, 4.69) is 14.9 Å². The van der Waals surface area contributed by atoms with Crippen molar-refractivity contribution in [1.82, 2.24) is 4.68 Å². The highest BCUT2D eigenvalue weighted by atomic mass is 32.2. The molecule has 2 saturated heterocycles. The van der Waals surface area contributed by atoms with Gasteiger partial charge in [-0.1, -0.05) is 0 Å². The van der Waals surface area contributed by atoms with Gasteiger partial charge in [0.1, 0.15) is 5.69 Å². The number of rotatable bonds is 9. The Morgan fingerprint density at radius 1 is 1.13 bits per heavy atom. The molecular weight excluding hydrogens is 532 g/mol. The van der Waals surface area contributed by atoms with Gasteiger partial charge in [-0.2, -0.15) is 0 Å². The van der Waals surface area contributed by atoms with Gasteiger partial charge in [-0.25, -0.2) is 21.9 Å². The fraction of sp³-hybridized carbons (Fsp3) is 0.538. The molecule has 3 aliphatic rings. The van der Waals surface area contributed by atoms with Crippen LogP contribution in [0.25, 0.3) is 0 Å². The van der Waals surface area contributed by atoms with Crippen LogP contribution in [-0.4, -0.2) is 69.1 Å². The number of pyridine rings is 1. The first kappa shape index (κ1) is 27.4. The van der Waals surface area contributed by atoms with E-state index in [-0.39, 0.29) is 29.9 Å². The van der Waals surface area contributed by atoms with Crippen LogP contribution in [0.15, 0.2) is 41.3 Å². The fourth-order valence-corrected chi connectivity index (χ4v) is 6.29. The predicted octanol–water partition coefficient (Wildman–Crippen LogP) is 2.44. The third-order valence-corrected chi connectivity index (χ3v) is 9.31. The Hall–Kier alpha value is -3.19. The van der Waals surface area contributed by atoms with Crippen LogP contribution in [0.4, 0.5) is 25.8 Å². The van der Waals surface area contributed by atoms with Crippen LogP contribution < -0.4 is 25.5 Å². The number of aliphatic hydroxyl groups excluding tert-OH is 1. The summed E-state index contributed by atoms with van der Waals surface area (Å²) >= 11 is 0. The van der Waals surface area contributed by atoms with E-state index in [0.717, 1.165) is 12.8 Å². The van der Waals surface area contributed by atoms with E-state index in [1.165, 1.54) is 41.9 Å². The highest BCUT2D eigenvalue weighted by molar-refractivity contribution is 7.92. The topological polar surface area (TPSA) is 124 Å². The average molecular weight is 566 g/mol. The number of aliphatic hydroxyl groups is 1. The van der Waals surface area contributed by atoms with E-state index in [9.17, 15) is 26.8 Å². The third kappa shape index (κ3) is 6.03. The van der Waals surface area contributed by atoms with Gasteiger partial charge in [0.15, 0.2) is 0 Å². The summed E-state index contributed by atoms with van der Waals surface area (Å²) in [6, 6.07) is 7.63. The maximum absolute atomic E-state index is 13.5. The van der Waals surface area contributed by atoms with E-state index < -0.39 is 46.2 Å². The van der Waals surface area contributed by atoms with Crippen molar-refractivity contribution in [3.8, 4) is 0 Å². The molecule has 1 amide bonds. The van der Waals surface area contributed by atoms with E-state index in [0.29, 0.717) is 30.7 Å². The molecule has 1 saturated carbocycles. The van der Waals surface area contributed by atoms with Gasteiger partial charge in [0, 0.05) is 38.3 Å². The molecule has 1 aliphatic carbocycles. The van der Waals surface area contributed by atoms with Gasteiger partial charge in [-0.05, 0) is 67.9 Å². The minimum absolute atomic E-state index is 0.0113. The Kier molecular flexibility index (Phi) is 7.55. The van der Waals surface area contributed by atoms with E-state index >= 15 is 0 Å². The molecule has 13 heteroatoms. The fourth-order valence-electron chi connectivity index (χ4n) is 5.46. The maximum Gasteiger partial charge on any atom is 0.292 e. The number of carbonyl (C=O) groups excluding carboxylic acids is 1. The summed E-state index contributed by atoms with van der Waals surface area (Å²) in [7, 11) is -3.77. The lowest BCUT2D eigenvalue weighted by molar-refractivity contribution is 0.0872. The molecule has 3 heterocycles. The second-order valence-electron chi connectivity index (χ2n) is 10.7. The first-order chi connectivity index (χ1) is 18.6. The summed E-state index contributed by atoms with van der Waals surface area (Å²) in [5.41, 5.74) is 0.962. The molecule has 0 unspecified atom stereocenters. The smallest absolute Gasteiger partial charge is 0.292 e. The number of carbonyl (C=O) groups is 1. The number of sulfonamides is 1. The number of aromatic nitrogens is 1. The van der Waals surface area contributed by atoms with Crippen molar-refractivity contribution in [1.29, 1.82) is 0 Å². The minimum Gasteiger partial charge on any atom is -0.395 e. The normalized spacial score (nSPS) is 20.5. The lowest BCUT2D eigenvalue weighted by Crippen LogP contribution is -2.41. The van der Waals surface area contributed by atoms with Crippen molar-refractivity contribution in [2.45, 2.75) is 38.5 Å². The summed E-state index contributed by atoms with van der Waals surface area (Å²) in [5.74, 6) is -1.81. The lowest BCUT2D eigenvalue weighted by atomic mass is 9.93. The number of hydrogen-bond donors (Lipinski definition) is 3. The van der Waals surface area contributed by atoms with Crippen LogP contribution in [-0.2, 0) is 10.0 Å². The second kappa shape index (κ2) is 10.8. The highest BCUT2D eigenvalue weighted by Gasteiger charge is 2.44. The number of anilines is 3. The van der Waals surface area contributed by atoms with Crippen molar-refractivity contribution in [2.24, 2.45) is 11.3 Å². The first-order valence-electron chi connectivity index (χ1n) is 13.2. The number of nitrogens with zero attached hydrogens (tertiary/aromatic N) is 3. The van der Waals surface area contributed by atoms with Gasteiger partial charge >= 0.3 is 0 Å². The lowest BCUT2D eigenvalue weighted by Gasteiger charge is -2.35. The molecule has 2 aliphatic heterocycles. The van der Waals surface area contributed by atoms with Gasteiger partial charge in [0.05, 0.1) is 29.3 Å². The number of amides is 1. The summed E-state index contributed by atoms with van der Waals surface area (Å²) in [4.78, 5) is 28.7. The molecule has 10 nitrogen and oxygen atoms in total. The summed E-state index contributed by atoms with van der Waals surface area (Å²) < 4.78 is 54.4. The number of alkyl halides is 2. The summed E-state index contributed by atoms with van der Waals surface area (Å²) in [6.07, 6.45) is 3.66. The Bertz CT molecular complexity index is 1390. The molecule has 0 radical (unpaired) electrons. The van der Waals surface area contributed by atoms with Gasteiger partial charge in [-0.3, -0.25) is 14.3 Å². The molecule has 3 N–H and O–H groups in total. The van der Waals surface area contributed by atoms with Gasteiger partial charge in [-0.15, -0.1) is 0 Å². The maximum atomic E-state index is 13.5. The Morgan fingerprint density at radius 2 is 1.87 bits per heavy atom. The Balaban J connectivity index is 1.40. The first-order valence-corrected chi connectivity index (χ1v) is 14.8. The van der Waals surface area contributed by atoms with Gasteiger partial charge in [0.25, 0.3) is 11.5 Å². The van der Waals surface area contributed by atoms with Crippen molar-refractivity contribution in [3.05, 3.63) is 52.4 Å². The molecule has 1 spiro atoms. The zero-order valence-electron chi connectivity index (χ0n) is 21.5. The predicted molar refractivity (Wildman–Crippen MR) is 145 cm³/mol. The standard InChI is InChI=1S/C26H33F2N5O5S/c27-23(28)18-5-11-32(17-18)33-10-1-2-21(25(33)36)29-24(35)20-4-3-19(30-39(37,38)15-14-34)16-22(20)31-12-8-26(6-7-26)9-13-31/h1-4,10,16,18,23,30,34H,5-9,11-15,17H2,(H,29,35)/t18-/m1/s1. The van der Waals surface area contributed by atoms with Crippen LogP contribution in [0.3, 0.4) is 0 Å². The van der Waals surface area contributed by atoms with E-state index in [4.69, 9.17) is 5.11 Å². The zero-order valence-corrected chi connectivity index (χ0v) is 22.3. The second-order valence-corrected chi connectivity index (χ2v) is 12.5. The quantitative estimate of drug-likeness (QED) is 0.427. The Labute approximate surface area is 225 Å². The molecule has 39 heavy (non-hydrogen) atoms. The van der Waals surface area contributed by atoms with Crippen LogP contribution in [0.1, 0.15) is 42.5 Å². The molecule has 1 atom stereocenters. The van der Waals surface area contributed by atoms with Crippen molar-refractivity contribution in [2.75, 3.05) is 58.5 Å². The number of halogens is 2. The molecule has 5 rings (SSSR count). The largest absolute Gasteiger partial charge is 0.395 e. The summed E-state index contributed by atoms with van der Waals surface area (Å²) in [5, 5.41) is 13.3. The number of piperidine rings is 1.